The van der Waals surface area contributed by atoms with Crippen LogP contribution in [0.5, 0.6) is 0 Å². The van der Waals surface area contributed by atoms with Gasteiger partial charge < -0.3 is 21.1 Å². The second-order valence-electron chi connectivity index (χ2n) is 9.80. The molecule has 0 saturated carbocycles. The van der Waals surface area contributed by atoms with E-state index in [1.165, 1.54) is 0 Å². The smallest absolute Gasteiger partial charge is 0.416 e. The third-order valence-corrected chi connectivity index (χ3v) is 7.74. The van der Waals surface area contributed by atoms with Crippen LogP contribution in [0.2, 0.25) is 0 Å². The highest BCUT2D eigenvalue weighted by Crippen LogP contribution is 2.39. The molecule has 222 valence electrons. The Morgan fingerprint density at radius 3 is 2.46 bits per heavy atom. The van der Waals surface area contributed by atoms with Gasteiger partial charge in [0.25, 0.3) is 0 Å². The number of aromatic nitrogens is 3. The van der Waals surface area contributed by atoms with E-state index in [-0.39, 0.29) is 59.6 Å². The molecule has 9 nitrogen and oxygen atoms in total. The number of hydrogen-bond donors (Lipinski definition) is 4. The summed E-state index contributed by atoms with van der Waals surface area (Å²) in [6.45, 7) is 5.39. The summed E-state index contributed by atoms with van der Waals surface area (Å²) in [6, 6.07) is 2.78. The molecule has 0 spiro atoms. The van der Waals surface area contributed by atoms with E-state index in [9.17, 15) is 22.4 Å². The van der Waals surface area contributed by atoms with Crippen LogP contribution in [0.25, 0.3) is 11.3 Å². The number of alkyl halides is 3. The number of carboxylic acids is 1. The second kappa shape index (κ2) is 13.0. The molecule has 1 saturated heterocycles. The van der Waals surface area contributed by atoms with Crippen LogP contribution in [-0.4, -0.2) is 62.6 Å². The first-order valence-electron chi connectivity index (χ1n) is 13.0. The average molecular weight is 600 g/mol. The van der Waals surface area contributed by atoms with Gasteiger partial charge in [-0.3, -0.25) is 9.69 Å². The first-order valence-corrected chi connectivity index (χ1v) is 13.8. The minimum Gasteiger partial charge on any atom is -0.481 e. The lowest BCUT2D eigenvalue weighted by molar-refractivity contribution is -0.138. The molecule has 3 aromatic rings. The number of nitrogens with zero attached hydrogens (tertiary/aromatic N) is 4. The van der Waals surface area contributed by atoms with Crippen LogP contribution in [0, 0.1) is 11.6 Å². The third-order valence-electron chi connectivity index (χ3n) is 6.78. The fourth-order valence-electron chi connectivity index (χ4n) is 4.63. The van der Waals surface area contributed by atoms with Gasteiger partial charge in [-0.15, -0.1) is 0 Å². The van der Waals surface area contributed by atoms with Gasteiger partial charge >= 0.3 is 12.1 Å². The van der Waals surface area contributed by atoms with E-state index in [1.54, 1.807) is 0 Å². The minimum absolute atomic E-state index is 0.0305. The molecule has 41 heavy (non-hydrogen) atoms. The number of carbonyl (C=O) groups is 1. The third kappa shape index (κ3) is 7.86. The first kappa shape index (κ1) is 30.5. The quantitative estimate of drug-likeness (QED) is 0.159. The number of anilines is 3. The Morgan fingerprint density at radius 2 is 1.78 bits per heavy atom. The molecular weight excluding hydrogens is 569 g/mol. The molecule has 0 amide bonds. The Labute approximate surface area is 237 Å². The number of halogens is 5. The van der Waals surface area contributed by atoms with Gasteiger partial charge in [-0.25, -0.2) is 19.3 Å². The summed E-state index contributed by atoms with van der Waals surface area (Å²) in [5.74, 6) is -3.07. The molecule has 2 atom stereocenters. The second-order valence-corrected chi connectivity index (χ2v) is 10.9. The van der Waals surface area contributed by atoms with E-state index in [4.69, 9.17) is 5.11 Å². The molecule has 2 aromatic heterocycles. The zero-order valence-corrected chi connectivity index (χ0v) is 23.2. The number of hydrogen-bond acceptors (Lipinski definition) is 9. The molecule has 0 radical (unpaired) electrons. The van der Waals surface area contributed by atoms with Gasteiger partial charge in [0.1, 0.15) is 12.1 Å². The van der Waals surface area contributed by atoms with E-state index in [0.29, 0.717) is 24.0 Å². The van der Waals surface area contributed by atoms with Crippen molar-refractivity contribution in [2.24, 2.45) is 0 Å². The van der Waals surface area contributed by atoms with Gasteiger partial charge in [0.15, 0.2) is 16.8 Å². The number of carboxylic acid groups (broad SMARTS) is 1. The number of likely N-dealkylation sites (tertiary alicyclic amines) is 1. The summed E-state index contributed by atoms with van der Waals surface area (Å²) < 4.78 is 69.9. The maximum atomic E-state index is 15.2. The van der Waals surface area contributed by atoms with E-state index < -0.39 is 29.3 Å². The van der Waals surface area contributed by atoms with E-state index >= 15 is 4.39 Å². The summed E-state index contributed by atoms with van der Waals surface area (Å²) in [7, 11) is 0. The molecule has 1 aliphatic rings. The van der Waals surface area contributed by atoms with Crippen molar-refractivity contribution in [2.45, 2.75) is 57.9 Å². The molecular formula is C26H30F5N7O2S. The molecule has 1 aliphatic heterocycles. The van der Waals surface area contributed by atoms with Crippen LogP contribution in [-0.2, 0) is 17.5 Å². The predicted octanol–water partition coefficient (Wildman–Crippen LogP) is 5.49. The van der Waals surface area contributed by atoms with Crippen LogP contribution in [0.3, 0.4) is 0 Å². The lowest BCUT2D eigenvalue weighted by Gasteiger charge is -2.25. The van der Waals surface area contributed by atoms with Gasteiger partial charge in [0.2, 0.25) is 5.82 Å². The summed E-state index contributed by atoms with van der Waals surface area (Å²) in [5.41, 5.74) is -0.982. The van der Waals surface area contributed by atoms with Crippen LogP contribution >= 0.6 is 11.3 Å². The van der Waals surface area contributed by atoms with Gasteiger partial charge in [-0.2, -0.15) is 17.6 Å². The van der Waals surface area contributed by atoms with Crippen molar-refractivity contribution >= 4 is 34.1 Å². The van der Waals surface area contributed by atoms with E-state index in [0.717, 1.165) is 42.6 Å². The highest BCUT2D eigenvalue weighted by atomic mass is 32.1. The van der Waals surface area contributed by atoms with E-state index in [2.05, 4.69) is 49.6 Å². The number of nitrogens with one attached hydrogen (secondary N) is 3. The maximum absolute atomic E-state index is 15.2. The molecule has 0 aliphatic carbocycles. The number of thiazole rings is 1. The van der Waals surface area contributed by atoms with Crippen LogP contribution < -0.4 is 16.0 Å². The number of rotatable bonds is 12. The van der Waals surface area contributed by atoms with Gasteiger partial charge in [-0.05, 0) is 44.9 Å². The summed E-state index contributed by atoms with van der Waals surface area (Å²) in [6.07, 6.45) is -1.72. The van der Waals surface area contributed by atoms with Crippen molar-refractivity contribution in [1.82, 2.24) is 25.2 Å². The average Bonchev–Trinajstić information content (AvgIpc) is 3.45. The minimum atomic E-state index is -4.74. The lowest BCUT2D eigenvalue weighted by Crippen LogP contribution is -2.31. The number of aliphatic carboxylic acids is 1. The molecule has 1 aromatic carbocycles. The Morgan fingerprint density at radius 1 is 1.07 bits per heavy atom. The SMILES string of the molecule is C[C@@H]1CC[C@H](C)N1Cc1sc(Nc2ncnc(NCCNCCC(=O)O)c2F)nc1-c1cc(F)cc(C(F)(F)F)c1. The predicted molar refractivity (Wildman–Crippen MR) is 145 cm³/mol. The Bertz CT molecular complexity index is 1360. The van der Waals surface area contributed by atoms with Crippen molar-refractivity contribution in [3.05, 3.63) is 46.6 Å². The lowest BCUT2D eigenvalue weighted by atomic mass is 10.1. The van der Waals surface area contributed by atoms with Crippen molar-refractivity contribution in [3.63, 3.8) is 0 Å². The van der Waals surface area contributed by atoms with Crippen molar-refractivity contribution < 1.29 is 31.9 Å². The monoisotopic (exact) mass is 599 g/mol. The standard InChI is InChI=1S/C26H30F5N7O2S/c1-14-3-4-15(2)38(14)12-19-22(16-9-17(26(29,30)31)11-18(27)10-16)36-25(41-19)37-24-21(28)23(34-13-35-24)33-8-7-32-6-5-20(39)40/h9-11,13-15,32H,3-8,12H2,1-2H3,(H,39,40)(H2,33,34,35,36,37)/t14-,15+. The summed E-state index contributed by atoms with van der Waals surface area (Å²) in [4.78, 5) is 25.7. The largest absolute Gasteiger partial charge is 0.481 e. The van der Waals surface area contributed by atoms with Gasteiger partial charge in [-0.1, -0.05) is 11.3 Å². The normalized spacial score (nSPS) is 17.6. The molecule has 3 heterocycles. The Balaban J connectivity index is 1.59. The Kier molecular flexibility index (Phi) is 9.71. The fraction of sp³-hybridized carbons (Fsp3) is 0.462. The molecule has 1 fully saturated rings. The molecule has 15 heteroatoms. The van der Waals surface area contributed by atoms with Crippen LogP contribution in [0.1, 0.15) is 43.6 Å². The molecule has 4 N–H and O–H groups in total. The van der Waals surface area contributed by atoms with Crippen molar-refractivity contribution in [3.8, 4) is 11.3 Å². The summed E-state index contributed by atoms with van der Waals surface area (Å²) >= 11 is 1.13. The Hall–Kier alpha value is -3.43. The van der Waals surface area contributed by atoms with Crippen molar-refractivity contribution in [2.75, 3.05) is 30.3 Å². The highest BCUT2D eigenvalue weighted by Gasteiger charge is 2.33. The highest BCUT2D eigenvalue weighted by molar-refractivity contribution is 7.16. The van der Waals surface area contributed by atoms with Crippen LogP contribution in [0.15, 0.2) is 24.5 Å². The number of benzene rings is 1. The van der Waals surface area contributed by atoms with Gasteiger partial charge in [0.05, 0.1) is 17.7 Å². The zero-order valence-electron chi connectivity index (χ0n) is 22.4. The summed E-state index contributed by atoms with van der Waals surface area (Å²) in [5, 5.41) is 17.4. The molecule has 4 rings (SSSR count). The fourth-order valence-corrected chi connectivity index (χ4v) is 5.62. The van der Waals surface area contributed by atoms with E-state index in [1.807, 2.05) is 0 Å². The molecule has 0 bridgehead atoms. The van der Waals surface area contributed by atoms with Crippen LogP contribution in [0.4, 0.5) is 38.7 Å². The van der Waals surface area contributed by atoms with Crippen molar-refractivity contribution in [1.29, 1.82) is 0 Å². The molecule has 0 unspecified atom stereocenters. The first-order chi connectivity index (χ1) is 19.4. The van der Waals surface area contributed by atoms with Gasteiger partial charge in [0, 0.05) is 48.7 Å². The maximum Gasteiger partial charge on any atom is 0.416 e. The topological polar surface area (TPSA) is 115 Å². The zero-order chi connectivity index (χ0) is 29.7.